The van der Waals surface area contributed by atoms with Gasteiger partial charge in [-0.05, 0) is 86.3 Å². The predicted molar refractivity (Wildman–Crippen MR) is 276 cm³/mol. The molecule has 0 atom stereocenters. The first-order valence-electron chi connectivity index (χ1n) is 22.2. The smallest absolute Gasteiger partial charge is 0.340 e. The van der Waals surface area contributed by atoms with Crippen LogP contribution >= 0.6 is 0 Å². The van der Waals surface area contributed by atoms with E-state index in [1.54, 1.807) is 36.1 Å². The Balaban J connectivity index is 0.000000205. The minimum absolute atomic E-state index is 0.0238. The highest BCUT2D eigenvalue weighted by Crippen LogP contribution is 2.35. The first-order valence-corrected chi connectivity index (χ1v) is 22.2. The van der Waals surface area contributed by atoms with E-state index < -0.39 is 10.9 Å². The van der Waals surface area contributed by atoms with Crippen molar-refractivity contribution in [1.82, 2.24) is 24.4 Å². The van der Waals surface area contributed by atoms with Crippen LogP contribution in [0.2, 0.25) is 0 Å². The zero-order valence-corrected chi connectivity index (χ0v) is 38.9. The highest BCUT2D eigenvalue weighted by Gasteiger charge is 2.36. The number of methoxy groups -OCH3 is 1. The minimum atomic E-state index is -0.513. The summed E-state index contributed by atoms with van der Waals surface area (Å²) in [6.45, 7) is 9.81. The van der Waals surface area contributed by atoms with Crippen molar-refractivity contribution in [3.8, 4) is 5.69 Å². The van der Waals surface area contributed by atoms with Gasteiger partial charge in [-0.3, -0.25) is 19.8 Å². The van der Waals surface area contributed by atoms with Crippen molar-refractivity contribution in [1.29, 1.82) is 0 Å². The molecule has 9 rings (SSSR count). The molecule has 70 heavy (non-hydrogen) atoms. The van der Waals surface area contributed by atoms with Crippen LogP contribution < -0.4 is 15.6 Å². The van der Waals surface area contributed by atoms with Gasteiger partial charge in [0.25, 0.3) is 11.6 Å². The lowest BCUT2D eigenvalue weighted by atomic mass is 10.0. The van der Waals surface area contributed by atoms with Crippen LogP contribution in [0.1, 0.15) is 29.4 Å². The lowest BCUT2D eigenvalue weighted by Gasteiger charge is -2.23. The SMILES string of the molecule is C=CCN1C(=O)/C(=C\c2cc(C)n(-c3ccccc3)c2C)C(C(=O)OC)=C1C.O=[N+]([O-])c1cccc(/C=N/Nc2nc(Nc3cccc4ccccc34)nc(N(c3ccccc3)c3ccccc3)n2)c1. The number of aryl methyl sites for hydroxylation is 1. The zero-order chi connectivity index (χ0) is 49.1. The van der Waals surface area contributed by atoms with Crippen LogP contribution in [0, 0.1) is 24.0 Å². The molecule has 0 unspecified atom stereocenters. The number of anilines is 6. The van der Waals surface area contributed by atoms with Gasteiger partial charge in [0.05, 0.1) is 29.4 Å². The summed E-state index contributed by atoms with van der Waals surface area (Å²) in [6.07, 6.45) is 4.89. The summed E-state index contributed by atoms with van der Waals surface area (Å²) in [5.41, 5.74) is 11.2. The normalized spacial score (nSPS) is 12.8. The average Bonchev–Trinajstić information content (AvgIpc) is 3.79. The fourth-order valence-corrected chi connectivity index (χ4v) is 8.08. The van der Waals surface area contributed by atoms with Gasteiger partial charge in [0.1, 0.15) is 0 Å². The molecule has 0 fully saturated rings. The number of benzene rings is 6. The molecule has 2 N–H and O–H groups in total. The number of carbonyl (C=O) groups is 2. The van der Waals surface area contributed by atoms with Crippen molar-refractivity contribution in [3.63, 3.8) is 0 Å². The Morgan fingerprint density at radius 1 is 0.800 bits per heavy atom. The number of esters is 1. The van der Waals surface area contributed by atoms with Gasteiger partial charge in [-0.2, -0.15) is 20.1 Å². The number of aromatic nitrogens is 4. The highest BCUT2D eigenvalue weighted by molar-refractivity contribution is 6.16. The summed E-state index contributed by atoms with van der Waals surface area (Å²) < 4.78 is 7.05. The third kappa shape index (κ3) is 10.4. The van der Waals surface area contributed by atoms with Crippen LogP contribution in [0.5, 0.6) is 0 Å². The number of para-hydroxylation sites is 3. The molecule has 0 saturated heterocycles. The molecule has 1 amide bonds. The molecule has 1 aliphatic heterocycles. The number of hydrogen-bond acceptors (Lipinski definition) is 12. The van der Waals surface area contributed by atoms with E-state index in [9.17, 15) is 19.7 Å². The molecule has 348 valence electrons. The monoisotopic (exact) mass is 928 g/mol. The van der Waals surface area contributed by atoms with E-state index >= 15 is 0 Å². The molecule has 6 aromatic carbocycles. The number of carbonyl (C=O) groups excluding carboxylic acids is 2. The molecule has 0 bridgehead atoms. The van der Waals surface area contributed by atoms with E-state index in [4.69, 9.17) is 14.7 Å². The van der Waals surface area contributed by atoms with Crippen LogP contribution in [0.4, 0.5) is 40.6 Å². The number of hydrogen-bond donors (Lipinski definition) is 2. The maximum absolute atomic E-state index is 13.0. The molecule has 0 saturated carbocycles. The van der Waals surface area contributed by atoms with E-state index in [2.05, 4.69) is 32.0 Å². The number of non-ortho nitro benzene ring substituents is 1. The van der Waals surface area contributed by atoms with Gasteiger partial charge in [0.15, 0.2) is 0 Å². The Hall–Kier alpha value is -9.50. The third-order valence-electron chi connectivity index (χ3n) is 11.3. The van der Waals surface area contributed by atoms with Crippen molar-refractivity contribution < 1.29 is 19.2 Å². The Bertz CT molecular complexity index is 3270. The fourth-order valence-electron chi connectivity index (χ4n) is 8.08. The molecule has 2 aromatic heterocycles. The summed E-state index contributed by atoms with van der Waals surface area (Å²) in [4.78, 5) is 53.6. The second-order valence-electron chi connectivity index (χ2n) is 15.9. The molecule has 0 aliphatic carbocycles. The fraction of sp³-hybridized carbons (Fsp3) is 0.0909. The van der Waals surface area contributed by atoms with E-state index in [1.165, 1.54) is 25.5 Å². The third-order valence-corrected chi connectivity index (χ3v) is 11.3. The van der Waals surface area contributed by atoms with Gasteiger partial charge >= 0.3 is 5.97 Å². The van der Waals surface area contributed by atoms with Crippen molar-refractivity contribution in [3.05, 3.63) is 226 Å². The van der Waals surface area contributed by atoms with Crippen LogP contribution in [0.15, 0.2) is 198 Å². The zero-order valence-electron chi connectivity index (χ0n) is 38.9. The highest BCUT2D eigenvalue weighted by atomic mass is 16.6. The van der Waals surface area contributed by atoms with Crippen molar-refractivity contribution >= 4 is 75.5 Å². The Morgan fingerprint density at radius 3 is 2.10 bits per heavy atom. The average molecular weight is 929 g/mol. The van der Waals surface area contributed by atoms with Crippen molar-refractivity contribution in [2.24, 2.45) is 5.10 Å². The van der Waals surface area contributed by atoms with Gasteiger partial charge in [0, 0.05) is 69.5 Å². The number of nitro groups is 1. The summed E-state index contributed by atoms with van der Waals surface area (Å²) in [5.74, 6) is 0.114. The van der Waals surface area contributed by atoms with Gasteiger partial charge in [0.2, 0.25) is 17.8 Å². The lowest BCUT2D eigenvalue weighted by Crippen LogP contribution is -2.25. The maximum Gasteiger partial charge on any atom is 0.340 e. The van der Waals surface area contributed by atoms with Crippen molar-refractivity contribution in [2.45, 2.75) is 20.8 Å². The Morgan fingerprint density at radius 2 is 1.43 bits per heavy atom. The summed E-state index contributed by atoms with van der Waals surface area (Å²) >= 11 is 0. The largest absolute Gasteiger partial charge is 0.465 e. The molecule has 8 aromatic rings. The molecule has 0 spiro atoms. The second-order valence-corrected chi connectivity index (χ2v) is 15.9. The molecule has 15 nitrogen and oxygen atoms in total. The lowest BCUT2D eigenvalue weighted by molar-refractivity contribution is -0.384. The molecule has 1 aliphatic rings. The first kappa shape index (κ1) is 47.0. The van der Waals surface area contributed by atoms with Gasteiger partial charge in [-0.1, -0.05) is 109 Å². The predicted octanol–water partition coefficient (Wildman–Crippen LogP) is 11.5. The van der Waals surface area contributed by atoms with E-state index in [1.807, 2.05) is 158 Å². The van der Waals surface area contributed by atoms with Gasteiger partial charge in [-0.25, -0.2) is 10.2 Å². The van der Waals surface area contributed by atoms with Gasteiger partial charge in [-0.15, -0.1) is 6.58 Å². The van der Waals surface area contributed by atoms with E-state index in [-0.39, 0.29) is 17.5 Å². The van der Waals surface area contributed by atoms with Gasteiger partial charge < -0.3 is 19.5 Å². The topological polar surface area (TPSA) is 173 Å². The number of rotatable bonds is 14. The van der Waals surface area contributed by atoms with Crippen LogP contribution in [0.25, 0.3) is 22.5 Å². The number of amides is 1. The number of ether oxygens (including phenoxy) is 1. The number of hydrazone groups is 1. The number of allylic oxidation sites excluding steroid dienone is 1. The quantitative estimate of drug-likeness (QED) is 0.0265. The number of nitrogens with zero attached hydrogens (tertiary/aromatic N) is 8. The van der Waals surface area contributed by atoms with Crippen molar-refractivity contribution in [2.75, 3.05) is 29.3 Å². The number of nitrogens with one attached hydrogen (secondary N) is 2. The minimum Gasteiger partial charge on any atom is -0.465 e. The summed E-state index contributed by atoms with van der Waals surface area (Å²) in [5, 5.41) is 20.9. The standard InChI is InChI=1S/C32H24N8O2.C23H24N2O3/c41-40(42)27-18-9-11-23(21-27)22-33-38-31-35-30(34-29-20-10-13-24-12-7-8-19-28(24)29)36-32(37-31)39(25-14-3-1-4-15-25)26-16-5-2-6-17-26;1-6-12-24-17(4)21(23(27)28-5)20(22(24)26)14-18-13-15(2)25(16(18)3)19-10-8-7-9-11-19/h1-22H,(H2,34,35,36,37,38);6-11,13-14H,1,12H2,2-5H3/b33-22+;20-14-. The molecule has 3 heterocycles. The van der Waals surface area contributed by atoms with Crippen LogP contribution in [-0.4, -0.2) is 61.1 Å². The van der Waals surface area contributed by atoms with Crippen LogP contribution in [0.3, 0.4) is 0 Å². The number of nitro benzene ring substituents is 1. The Labute approximate surface area is 404 Å². The van der Waals surface area contributed by atoms with E-state index in [0.717, 1.165) is 50.5 Å². The molecular weight excluding hydrogens is 881 g/mol. The Kier molecular flexibility index (Phi) is 14.4. The summed E-state index contributed by atoms with van der Waals surface area (Å²) in [6, 6.07) is 51.8. The second kappa shape index (κ2) is 21.4. The number of fused-ring (bicyclic) bond motifs is 1. The maximum atomic E-state index is 13.0. The molecule has 0 radical (unpaired) electrons. The molecular formula is C55H48N10O5. The summed E-state index contributed by atoms with van der Waals surface area (Å²) in [7, 11) is 1.32. The molecule has 15 heteroatoms. The van der Waals surface area contributed by atoms with E-state index in [0.29, 0.717) is 40.8 Å². The van der Waals surface area contributed by atoms with Crippen LogP contribution in [-0.2, 0) is 14.3 Å². The first-order chi connectivity index (χ1) is 34.0.